The zero-order chi connectivity index (χ0) is 42.0. The van der Waals surface area contributed by atoms with Crippen LogP contribution < -0.4 is 31.7 Å². The van der Waals surface area contributed by atoms with E-state index < -0.39 is 32.3 Å². The highest BCUT2D eigenvalue weighted by atomic mass is 28.3. The van der Waals surface area contributed by atoms with Crippen molar-refractivity contribution in [2.45, 2.75) is 239 Å². The lowest BCUT2D eigenvalue weighted by Gasteiger charge is -2.48. The molecule has 306 valence electrons. The van der Waals surface area contributed by atoms with Gasteiger partial charge in [0.25, 0.3) is 0 Å². The van der Waals surface area contributed by atoms with Crippen LogP contribution >= 0.6 is 0 Å². The number of hydrogen-bond donors (Lipinski definition) is 0. The topological polar surface area (TPSA) is 0 Å². The number of hydrogen-bond acceptors (Lipinski definition) is 0. The molecule has 0 radical (unpaired) electrons. The van der Waals surface area contributed by atoms with Crippen molar-refractivity contribution in [1.82, 2.24) is 0 Å². The second kappa shape index (κ2) is 16.9. The highest BCUT2D eigenvalue weighted by Gasteiger charge is 2.54. The van der Waals surface area contributed by atoms with Gasteiger partial charge in [-0.15, -0.1) is 0 Å². The zero-order valence-electron chi connectivity index (χ0n) is 40.8. The summed E-state index contributed by atoms with van der Waals surface area (Å²) in [4.78, 5) is 0. The first kappa shape index (κ1) is 47.7. The van der Waals surface area contributed by atoms with Gasteiger partial charge in [0.15, 0.2) is 0 Å². The Labute approximate surface area is 343 Å². The molecule has 0 unspecified atom stereocenters. The standard InChI is InChI=1S/C49H91BSi4/c1-30(2)51(31(3)4,32(5)6)42-26-44-45-27-43(52(33(7)8,34(9)10)35(11)12)29-47(54(39(19)20,40(21)22)41(23)24)49(45)50(25)48(44)46(28-42)53(36(13)14,37(15)16)38(17)18/h26-41H,1-25H3. The van der Waals surface area contributed by atoms with Gasteiger partial charge in [0.2, 0.25) is 6.71 Å². The Hall–Kier alpha value is -0.628. The fourth-order valence-electron chi connectivity index (χ4n) is 15.9. The molecule has 0 aromatic heterocycles. The summed E-state index contributed by atoms with van der Waals surface area (Å²) in [6.07, 6.45) is 0. The molecular formula is C49H91BSi4. The van der Waals surface area contributed by atoms with E-state index in [1.54, 1.807) is 32.4 Å². The molecule has 5 heteroatoms. The first-order chi connectivity index (χ1) is 24.7. The first-order valence-corrected chi connectivity index (χ1v) is 32.0. The number of benzene rings is 2. The Morgan fingerprint density at radius 3 is 0.648 bits per heavy atom. The molecule has 1 heterocycles. The van der Waals surface area contributed by atoms with Gasteiger partial charge >= 0.3 is 0 Å². The Balaban J connectivity index is 2.95. The van der Waals surface area contributed by atoms with Gasteiger partial charge < -0.3 is 0 Å². The first-order valence-electron chi connectivity index (χ1n) is 23.0. The second-order valence-corrected chi connectivity index (χ2v) is 45.8. The van der Waals surface area contributed by atoms with Gasteiger partial charge in [-0.25, -0.2) is 0 Å². The minimum atomic E-state index is -2.05. The van der Waals surface area contributed by atoms with E-state index in [2.05, 4.69) is 197 Å². The molecule has 1 aliphatic heterocycles. The highest BCUT2D eigenvalue weighted by Crippen LogP contribution is 2.47. The van der Waals surface area contributed by atoms with Crippen molar-refractivity contribution in [2.75, 3.05) is 0 Å². The third-order valence-electron chi connectivity index (χ3n) is 16.9. The summed E-state index contributed by atoms with van der Waals surface area (Å²) in [6, 6.07) is 11.7. The number of rotatable bonds is 16. The second-order valence-electron chi connectivity index (χ2n) is 22.3. The maximum absolute atomic E-state index is 2.95. The third kappa shape index (κ3) is 6.71. The Kier molecular flexibility index (Phi) is 15.0. The average Bonchev–Trinajstić information content (AvgIpc) is 3.27. The van der Waals surface area contributed by atoms with Crippen LogP contribution in [-0.4, -0.2) is 39.0 Å². The monoisotopic (exact) mass is 803 g/mol. The van der Waals surface area contributed by atoms with Crippen molar-refractivity contribution >= 4 is 70.7 Å². The normalized spacial score (nSPS) is 14.9. The lowest BCUT2D eigenvalue weighted by atomic mass is 9.45. The third-order valence-corrected chi connectivity index (χ3v) is 45.1. The van der Waals surface area contributed by atoms with E-state index in [0.29, 0.717) is 73.2 Å². The molecule has 3 rings (SSSR count). The molecule has 0 aliphatic carbocycles. The minimum Gasteiger partial charge on any atom is -0.0774 e. The van der Waals surface area contributed by atoms with Crippen LogP contribution in [0.4, 0.5) is 0 Å². The summed E-state index contributed by atoms with van der Waals surface area (Å²) in [6.45, 7) is 65.5. The van der Waals surface area contributed by atoms with Crippen LogP contribution in [0.1, 0.15) is 166 Å². The van der Waals surface area contributed by atoms with Gasteiger partial charge in [-0.05, 0) is 77.6 Å². The van der Waals surface area contributed by atoms with Gasteiger partial charge in [-0.2, -0.15) is 0 Å². The van der Waals surface area contributed by atoms with E-state index in [0.717, 1.165) is 0 Å². The molecule has 0 bridgehead atoms. The van der Waals surface area contributed by atoms with E-state index in [1.165, 1.54) is 0 Å². The molecule has 0 amide bonds. The van der Waals surface area contributed by atoms with E-state index in [1.807, 2.05) is 10.4 Å². The Morgan fingerprint density at radius 2 is 0.481 bits per heavy atom. The highest BCUT2D eigenvalue weighted by molar-refractivity contribution is 7.07. The predicted octanol–water partition coefficient (Wildman–Crippen LogP) is 13.4. The average molecular weight is 803 g/mol. The summed E-state index contributed by atoms with van der Waals surface area (Å²) < 4.78 is 0. The molecule has 0 nitrogen and oxygen atoms in total. The molecule has 0 N–H and O–H groups in total. The van der Waals surface area contributed by atoms with Gasteiger partial charge in [0.05, 0.1) is 32.3 Å². The van der Waals surface area contributed by atoms with Crippen LogP contribution in [0.25, 0.3) is 11.1 Å². The molecule has 0 atom stereocenters. The van der Waals surface area contributed by atoms with Crippen LogP contribution in [0.5, 0.6) is 0 Å². The summed E-state index contributed by atoms with van der Waals surface area (Å²) in [5.74, 6) is 0. The van der Waals surface area contributed by atoms with Crippen molar-refractivity contribution in [2.24, 2.45) is 0 Å². The summed E-state index contributed by atoms with van der Waals surface area (Å²) in [7, 11) is -8.04. The smallest absolute Gasteiger partial charge is 0.0774 e. The molecule has 2 aromatic rings. The molecule has 0 saturated heterocycles. The lowest BCUT2D eigenvalue weighted by molar-refractivity contribution is 0.832. The van der Waals surface area contributed by atoms with E-state index in [4.69, 9.17) is 0 Å². The van der Waals surface area contributed by atoms with Crippen molar-refractivity contribution in [1.29, 1.82) is 0 Å². The predicted molar refractivity (Wildman–Crippen MR) is 265 cm³/mol. The Bertz CT molecular complexity index is 1380. The van der Waals surface area contributed by atoms with Crippen LogP contribution in [0.2, 0.25) is 73.3 Å². The van der Waals surface area contributed by atoms with E-state index in [9.17, 15) is 0 Å². The van der Waals surface area contributed by atoms with E-state index >= 15 is 0 Å². The summed E-state index contributed by atoms with van der Waals surface area (Å²) in [5.41, 5.74) is 15.0. The fraction of sp³-hybridized carbons (Fsp3) is 0.755. The van der Waals surface area contributed by atoms with Crippen LogP contribution in [0.15, 0.2) is 24.3 Å². The lowest BCUT2D eigenvalue weighted by Crippen LogP contribution is -2.68. The van der Waals surface area contributed by atoms with Crippen molar-refractivity contribution < 1.29 is 0 Å². The van der Waals surface area contributed by atoms with Gasteiger partial charge in [-0.1, -0.05) is 229 Å². The quantitative estimate of drug-likeness (QED) is 0.148. The van der Waals surface area contributed by atoms with Crippen LogP contribution in [0.3, 0.4) is 0 Å². The maximum atomic E-state index is 2.95. The van der Waals surface area contributed by atoms with Gasteiger partial charge in [-0.3, -0.25) is 0 Å². The molecule has 1 aliphatic rings. The Morgan fingerprint density at radius 1 is 0.296 bits per heavy atom. The SMILES string of the molecule is CB1c2c(cc([Si](C(C)C)(C(C)C)C(C)C)cc2[Si](C(C)C)(C(C)C)C(C)C)-c2cc([Si](C(C)C)(C(C)C)C(C)C)cc([Si](C(C)C)(C(C)C)C(C)C)c21. The summed E-state index contributed by atoms with van der Waals surface area (Å²) in [5, 5.41) is 7.27. The molecule has 0 fully saturated rings. The minimum absolute atomic E-state index is 0.427. The van der Waals surface area contributed by atoms with Crippen molar-refractivity contribution in [3.05, 3.63) is 24.3 Å². The van der Waals surface area contributed by atoms with Crippen LogP contribution in [0, 0.1) is 0 Å². The molecule has 0 saturated carbocycles. The molecular weight excluding hydrogens is 712 g/mol. The van der Waals surface area contributed by atoms with Crippen LogP contribution in [-0.2, 0) is 0 Å². The largest absolute Gasteiger partial charge is 0.207 e. The molecule has 2 aromatic carbocycles. The summed E-state index contributed by atoms with van der Waals surface area (Å²) >= 11 is 0. The molecule has 0 spiro atoms. The van der Waals surface area contributed by atoms with Gasteiger partial charge in [0.1, 0.15) is 0 Å². The number of fused-ring (bicyclic) bond motifs is 3. The zero-order valence-corrected chi connectivity index (χ0v) is 44.8. The van der Waals surface area contributed by atoms with Gasteiger partial charge in [0, 0.05) is 0 Å². The van der Waals surface area contributed by atoms with E-state index in [-0.39, 0.29) is 0 Å². The van der Waals surface area contributed by atoms with Crippen molar-refractivity contribution in [3.8, 4) is 11.1 Å². The maximum Gasteiger partial charge on any atom is 0.207 e. The fourth-order valence-corrected chi connectivity index (χ4v) is 44.0. The molecule has 54 heavy (non-hydrogen) atoms. The van der Waals surface area contributed by atoms with Crippen molar-refractivity contribution in [3.63, 3.8) is 0 Å².